The zero-order valence-electron chi connectivity index (χ0n) is 8.80. The first-order valence-corrected chi connectivity index (χ1v) is 4.72. The Kier molecular flexibility index (Phi) is 3.80. The number of rotatable bonds is 4. The van der Waals surface area contributed by atoms with Gasteiger partial charge in [-0.2, -0.15) is 5.26 Å². The molecular weight excluding hydrogens is 208 g/mol. The van der Waals surface area contributed by atoms with E-state index >= 15 is 0 Å². The van der Waals surface area contributed by atoms with Crippen LogP contribution in [-0.2, 0) is 0 Å². The number of nitrogens with zero attached hydrogens (tertiary/aromatic N) is 2. The highest BCUT2D eigenvalue weighted by atomic mass is 16.6. The molecule has 0 aliphatic heterocycles. The minimum atomic E-state index is -0.523. The Morgan fingerprint density at radius 3 is 2.88 bits per heavy atom. The summed E-state index contributed by atoms with van der Waals surface area (Å²) in [5.74, 6) is 0. The molecule has 0 heterocycles. The van der Waals surface area contributed by atoms with Gasteiger partial charge in [0.1, 0.15) is 5.69 Å². The summed E-state index contributed by atoms with van der Waals surface area (Å²) >= 11 is 0. The van der Waals surface area contributed by atoms with Gasteiger partial charge in [-0.25, -0.2) is 0 Å². The van der Waals surface area contributed by atoms with E-state index in [0.29, 0.717) is 12.2 Å². The molecule has 3 N–H and O–H groups in total. The van der Waals surface area contributed by atoms with Gasteiger partial charge in [0.25, 0.3) is 5.69 Å². The minimum absolute atomic E-state index is 0.102. The van der Waals surface area contributed by atoms with Gasteiger partial charge in [-0.15, -0.1) is 0 Å². The van der Waals surface area contributed by atoms with Crippen LogP contribution in [0.2, 0.25) is 0 Å². The van der Waals surface area contributed by atoms with E-state index in [1.54, 1.807) is 6.92 Å². The van der Waals surface area contributed by atoms with E-state index in [0.717, 1.165) is 0 Å². The molecule has 6 heteroatoms. The van der Waals surface area contributed by atoms with Crippen LogP contribution >= 0.6 is 0 Å². The molecule has 16 heavy (non-hydrogen) atoms. The highest BCUT2D eigenvalue weighted by Gasteiger charge is 2.14. The summed E-state index contributed by atoms with van der Waals surface area (Å²) in [6.07, 6.45) is 0. The quantitative estimate of drug-likeness (QED) is 0.586. The molecule has 1 aromatic carbocycles. The summed E-state index contributed by atoms with van der Waals surface area (Å²) in [5.41, 5.74) is 6.06. The molecule has 0 bridgehead atoms. The monoisotopic (exact) mass is 220 g/mol. The maximum atomic E-state index is 10.8. The van der Waals surface area contributed by atoms with Crippen molar-refractivity contribution in [2.75, 3.05) is 11.9 Å². The number of anilines is 1. The van der Waals surface area contributed by atoms with Gasteiger partial charge in [-0.05, 0) is 19.1 Å². The van der Waals surface area contributed by atoms with E-state index in [-0.39, 0.29) is 17.3 Å². The molecule has 6 nitrogen and oxygen atoms in total. The van der Waals surface area contributed by atoms with Crippen LogP contribution in [0.1, 0.15) is 12.5 Å². The molecule has 0 fully saturated rings. The first kappa shape index (κ1) is 11.9. The summed E-state index contributed by atoms with van der Waals surface area (Å²) in [4.78, 5) is 10.2. The van der Waals surface area contributed by atoms with Gasteiger partial charge < -0.3 is 11.1 Å². The Labute approximate surface area is 92.8 Å². The molecule has 0 aliphatic carbocycles. The molecule has 0 saturated carbocycles. The summed E-state index contributed by atoms with van der Waals surface area (Å²) in [6, 6.07) is 6.03. The van der Waals surface area contributed by atoms with E-state index in [1.165, 1.54) is 18.2 Å². The van der Waals surface area contributed by atoms with Gasteiger partial charge in [0.15, 0.2) is 0 Å². The second kappa shape index (κ2) is 5.09. The Morgan fingerprint density at radius 1 is 1.69 bits per heavy atom. The van der Waals surface area contributed by atoms with Crippen LogP contribution in [0.15, 0.2) is 18.2 Å². The fourth-order valence-electron chi connectivity index (χ4n) is 1.17. The van der Waals surface area contributed by atoms with Gasteiger partial charge in [-0.1, -0.05) is 0 Å². The third-order valence-corrected chi connectivity index (χ3v) is 1.94. The van der Waals surface area contributed by atoms with Crippen molar-refractivity contribution in [2.45, 2.75) is 13.0 Å². The lowest BCUT2D eigenvalue weighted by Crippen LogP contribution is -2.25. The van der Waals surface area contributed by atoms with Crippen LogP contribution in [-0.4, -0.2) is 17.5 Å². The largest absolute Gasteiger partial charge is 0.378 e. The van der Waals surface area contributed by atoms with E-state index in [4.69, 9.17) is 11.0 Å². The van der Waals surface area contributed by atoms with Crippen molar-refractivity contribution < 1.29 is 4.92 Å². The molecule has 0 saturated heterocycles. The molecule has 1 rings (SSSR count). The predicted octanol–water partition coefficient (Wildman–Crippen LogP) is 1.23. The molecule has 1 unspecified atom stereocenters. The van der Waals surface area contributed by atoms with E-state index < -0.39 is 4.92 Å². The standard InChI is InChI=1S/C10H12N4O2/c1-7(12)6-13-9-3-2-8(5-11)4-10(9)14(15)16/h2-4,7,13H,6,12H2,1H3. The minimum Gasteiger partial charge on any atom is -0.378 e. The molecule has 0 radical (unpaired) electrons. The smallest absolute Gasteiger partial charge is 0.293 e. The molecular formula is C10H12N4O2. The average Bonchev–Trinajstić information content (AvgIpc) is 2.25. The highest BCUT2D eigenvalue weighted by Crippen LogP contribution is 2.25. The van der Waals surface area contributed by atoms with Gasteiger partial charge >= 0.3 is 0 Å². The number of nitrogens with one attached hydrogen (secondary N) is 1. The number of benzene rings is 1. The van der Waals surface area contributed by atoms with Crippen molar-refractivity contribution in [2.24, 2.45) is 5.73 Å². The summed E-state index contributed by atoms with van der Waals surface area (Å²) in [5, 5.41) is 22.3. The normalized spacial score (nSPS) is 11.6. The van der Waals surface area contributed by atoms with Crippen LogP contribution < -0.4 is 11.1 Å². The van der Waals surface area contributed by atoms with Gasteiger partial charge in [-0.3, -0.25) is 10.1 Å². The van der Waals surface area contributed by atoms with Crippen molar-refractivity contribution in [3.8, 4) is 6.07 Å². The Morgan fingerprint density at radius 2 is 2.38 bits per heavy atom. The Bertz CT molecular complexity index is 437. The van der Waals surface area contributed by atoms with Crippen LogP contribution in [0.5, 0.6) is 0 Å². The van der Waals surface area contributed by atoms with Crippen LogP contribution in [0.3, 0.4) is 0 Å². The van der Waals surface area contributed by atoms with Gasteiger partial charge in [0.2, 0.25) is 0 Å². The fraction of sp³-hybridized carbons (Fsp3) is 0.300. The molecule has 84 valence electrons. The van der Waals surface area contributed by atoms with Crippen molar-refractivity contribution in [1.29, 1.82) is 5.26 Å². The maximum Gasteiger partial charge on any atom is 0.293 e. The molecule has 0 aliphatic rings. The average molecular weight is 220 g/mol. The third kappa shape index (κ3) is 2.93. The molecule has 0 aromatic heterocycles. The second-order valence-corrected chi connectivity index (χ2v) is 3.46. The van der Waals surface area contributed by atoms with Crippen molar-refractivity contribution in [3.63, 3.8) is 0 Å². The fourth-order valence-corrected chi connectivity index (χ4v) is 1.17. The second-order valence-electron chi connectivity index (χ2n) is 3.46. The van der Waals surface area contributed by atoms with E-state index in [1.807, 2.05) is 6.07 Å². The van der Waals surface area contributed by atoms with Crippen LogP contribution in [0.4, 0.5) is 11.4 Å². The SMILES string of the molecule is CC(N)CNc1ccc(C#N)cc1[N+](=O)[O-]. The zero-order valence-corrected chi connectivity index (χ0v) is 8.80. The molecule has 0 spiro atoms. The number of nitriles is 1. The number of hydrogen-bond donors (Lipinski definition) is 2. The number of nitrogens with two attached hydrogens (primary N) is 1. The highest BCUT2D eigenvalue weighted by molar-refractivity contribution is 5.64. The third-order valence-electron chi connectivity index (χ3n) is 1.94. The number of hydrogen-bond acceptors (Lipinski definition) is 5. The zero-order chi connectivity index (χ0) is 12.1. The lowest BCUT2D eigenvalue weighted by atomic mass is 10.2. The van der Waals surface area contributed by atoms with Gasteiger partial charge in [0, 0.05) is 18.7 Å². The van der Waals surface area contributed by atoms with Crippen molar-refractivity contribution in [3.05, 3.63) is 33.9 Å². The predicted molar refractivity (Wildman–Crippen MR) is 60.0 cm³/mol. The maximum absolute atomic E-state index is 10.8. The Hall–Kier alpha value is -2.13. The van der Waals surface area contributed by atoms with E-state index in [2.05, 4.69) is 5.32 Å². The van der Waals surface area contributed by atoms with Crippen LogP contribution in [0.25, 0.3) is 0 Å². The summed E-state index contributed by atoms with van der Waals surface area (Å²) < 4.78 is 0. The lowest BCUT2D eigenvalue weighted by molar-refractivity contribution is -0.384. The van der Waals surface area contributed by atoms with E-state index in [9.17, 15) is 10.1 Å². The van der Waals surface area contributed by atoms with Crippen molar-refractivity contribution in [1.82, 2.24) is 0 Å². The Balaban J connectivity index is 3.00. The summed E-state index contributed by atoms with van der Waals surface area (Å²) in [6.45, 7) is 2.23. The number of nitro groups is 1. The number of nitro benzene ring substituents is 1. The molecule has 1 aromatic rings. The molecule has 0 amide bonds. The first-order chi connectivity index (χ1) is 7.54. The summed E-state index contributed by atoms with van der Waals surface area (Å²) in [7, 11) is 0. The topological polar surface area (TPSA) is 105 Å². The molecule has 1 atom stereocenters. The van der Waals surface area contributed by atoms with Gasteiger partial charge in [0.05, 0.1) is 16.6 Å². The lowest BCUT2D eigenvalue weighted by Gasteiger charge is -2.09. The van der Waals surface area contributed by atoms with Crippen LogP contribution in [0, 0.1) is 21.4 Å². The van der Waals surface area contributed by atoms with Crippen molar-refractivity contribution >= 4 is 11.4 Å². The first-order valence-electron chi connectivity index (χ1n) is 4.72.